The number of rotatable bonds is 8. The van der Waals surface area contributed by atoms with Crippen molar-refractivity contribution in [2.45, 2.75) is 70.2 Å². The van der Waals surface area contributed by atoms with Gasteiger partial charge in [-0.3, -0.25) is 4.79 Å². The molecular weight excluding hydrogens is 382 g/mol. The Kier molecular flexibility index (Phi) is 7.84. The number of carbonyl (C=O) groups is 1. The number of hydrogen-bond donors (Lipinski definition) is 3. The van der Waals surface area contributed by atoms with E-state index in [2.05, 4.69) is 18.4 Å². The number of aliphatic hydroxyl groups excluding tert-OH is 2. The zero-order valence-corrected chi connectivity index (χ0v) is 16.9. The maximum atomic E-state index is 15.3. The van der Waals surface area contributed by atoms with Gasteiger partial charge >= 0.3 is 11.9 Å². The van der Waals surface area contributed by atoms with Crippen LogP contribution in [0.5, 0.6) is 0 Å². The SMILES string of the molecule is C=C[C@H](O)C(C)C(C#CCC)[C@@H]1[C@@H]2[C@H](C[C@H]1O)OC(=CCCCC(=O)O)C2(F)F. The molecule has 2 aliphatic rings. The first-order chi connectivity index (χ1) is 13.6. The third-order valence-electron chi connectivity index (χ3n) is 5.89. The van der Waals surface area contributed by atoms with E-state index in [4.69, 9.17) is 9.84 Å². The van der Waals surface area contributed by atoms with Crippen molar-refractivity contribution < 1.29 is 33.6 Å². The van der Waals surface area contributed by atoms with Gasteiger partial charge in [0.1, 0.15) is 6.10 Å². The minimum absolute atomic E-state index is 0.0681. The highest BCUT2D eigenvalue weighted by Crippen LogP contribution is 2.56. The molecule has 0 aromatic heterocycles. The van der Waals surface area contributed by atoms with Crippen molar-refractivity contribution in [3.8, 4) is 11.8 Å². The van der Waals surface area contributed by atoms with Crippen LogP contribution in [0.1, 0.15) is 46.0 Å². The number of halogens is 2. The molecule has 2 unspecified atom stereocenters. The summed E-state index contributed by atoms with van der Waals surface area (Å²) in [5.74, 6) is -2.04. The largest absolute Gasteiger partial charge is 0.488 e. The third kappa shape index (κ3) is 4.99. The van der Waals surface area contributed by atoms with Crippen LogP contribution in [0.2, 0.25) is 0 Å². The molecule has 1 aliphatic heterocycles. The quantitative estimate of drug-likeness (QED) is 0.323. The Morgan fingerprint density at radius 3 is 2.76 bits per heavy atom. The summed E-state index contributed by atoms with van der Waals surface area (Å²) >= 11 is 0. The Balaban J connectivity index is 2.30. The molecule has 1 saturated carbocycles. The van der Waals surface area contributed by atoms with Crippen molar-refractivity contribution in [3.63, 3.8) is 0 Å². The van der Waals surface area contributed by atoms with E-state index < -0.39 is 59.6 Å². The fourth-order valence-corrected chi connectivity index (χ4v) is 4.39. The number of alkyl halides is 2. The van der Waals surface area contributed by atoms with Crippen LogP contribution in [0, 0.1) is 35.5 Å². The average molecular weight is 412 g/mol. The molecule has 0 aromatic carbocycles. The molecular formula is C22H30F2O5. The highest BCUT2D eigenvalue weighted by Gasteiger charge is 2.65. The van der Waals surface area contributed by atoms with E-state index in [0.29, 0.717) is 6.42 Å². The van der Waals surface area contributed by atoms with Crippen molar-refractivity contribution in [1.29, 1.82) is 0 Å². The number of ether oxygens (including phenoxy) is 1. The molecule has 1 heterocycles. The first kappa shape index (κ1) is 23.4. The van der Waals surface area contributed by atoms with E-state index in [1.165, 1.54) is 12.2 Å². The van der Waals surface area contributed by atoms with Crippen molar-refractivity contribution in [1.82, 2.24) is 0 Å². The standard InChI is InChI=1S/C22H30F2O5/c1-4-6-9-14(13(3)15(25)5-2)20-16(26)12-17-21(20)22(23,24)18(29-17)10-7-8-11-19(27)28/h5,10,13-17,20-21,25-26H,2,4,7-8,11-12H2,1,3H3,(H,27,28)/t13?,14?,15-,16+,17-,20-,21-/m0/s1. The van der Waals surface area contributed by atoms with E-state index in [1.54, 1.807) is 6.92 Å². The summed E-state index contributed by atoms with van der Waals surface area (Å²) < 4.78 is 36.0. The van der Waals surface area contributed by atoms with Gasteiger partial charge in [0.25, 0.3) is 0 Å². The Morgan fingerprint density at radius 2 is 2.17 bits per heavy atom. The molecule has 7 heteroatoms. The molecule has 0 bridgehead atoms. The van der Waals surface area contributed by atoms with Gasteiger partial charge in [-0.05, 0) is 24.8 Å². The minimum Gasteiger partial charge on any atom is -0.488 e. The van der Waals surface area contributed by atoms with Crippen LogP contribution in [0.3, 0.4) is 0 Å². The number of allylic oxidation sites excluding steroid dienone is 2. The Labute approximate surface area is 170 Å². The Bertz CT molecular complexity index is 693. The number of carboxylic acids is 1. The normalized spacial score (nSPS) is 31.9. The maximum absolute atomic E-state index is 15.3. The summed E-state index contributed by atoms with van der Waals surface area (Å²) in [6.45, 7) is 7.13. The van der Waals surface area contributed by atoms with E-state index in [9.17, 15) is 15.0 Å². The first-order valence-electron chi connectivity index (χ1n) is 10.1. The highest BCUT2D eigenvalue weighted by atomic mass is 19.3. The molecule has 0 amide bonds. The molecule has 0 aromatic rings. The van der Waals surface area contributed by atoms with Crippen molar-refractivity contribution >= 4 is 5.97 Å². The molecule has 162 valence electrons. The van der Waals surface area contributed by atoms with Crippen LogP contribution in [0.25, 0.3) is 0 Å². The third-order valence-corrected chi connectivity index (χ3v) is 5.89. The summed E-state index contributed by atoms with van der Waals surface area (Å²) in [5.41, 5.74) is 0. The van der Waals surface area contributed by atoms with E-state index in [-0.39, 0.29) is 25.7 Å². The van der Waals surface area contributed by atoms with Gasteiger partial charge in [-0.2, -0.15) is 8.78 Å². The molecule has 3 N–H and O–H groups in total. The lowest BCUT2D eigenvalue weighted by Crippen LogP contribution is -2.41. The van der Waals surface area contributed by atoms with Crippen LogP contribution in [-0.2, 0) is 9.53 Å². The number of fused-ring (bicyclic) bond motifs is 1. The number of aliphatic carboxylic acids is 1. The molecule has 7 atom stereocenters. The molecule has 0 spiro atoms. The van der Waals surface area contributed by atoms with E-state index >= 15 is 8.78 Å². The Hall–Kier alpha value is -1.91. The highest BCUT2D eigenvalue weighted by molar-refractivity contribution is 5.66. The number of unbranched alkanes of at least 4 members (excludes halogenated alkanes) is 1. The second kappa shape index (κ2) is 9.73. The Morgan fingerprint density at radius 1 is 1.48 bits per heavy atom. The number of aliphatic hydroxyl groups is 2. The molecule has 2 rings (SSSR count). The van der Waals surface area contributed by atoms with Gasteiger partial charge in [-0.25, -0.2) is 0 Å². The maximum Gasteiger partial charge on any atom is 0.310 e. The smallest absolute Gasteiger partial charge is 0.310 e. The van der Waals surface area contributed by atoms with Crippen molar-refractivity contribution in [3.05, 3.63) is 24.5 Å². The summed E-state index contributed by atoms with van der Waals surface area (Å²) in [7, 11) is 0. The zero-order chi connectivity index (χ0) is 21.8. The fraction of sp³-hybridized carbons (Fsp3) is 0.682. The van der Waals surface area contributed by atoms with Crippen LogP contribution < -0.4 is 0 Å². The predicted octanol–water partition coefficient (Wildman–Crippen LogP) is 3.37. The van der Waals surface area contributed by atoms with Gasteiger partial charge in [0.2, 0.25) is 0 Å². The summed E-state index contributed by atoms with van der Waals surface area (Å²) in [4.78, 5) is 10.6. The molecule has 2 fully saturated rings. The number of carboxylic acid groups (broad SMARTS) is 1. The lowest BCUT2D eigenvalue weighted by molar-refractivity contribution is -0.137. The zero-order valence-electron chi connectivity index (χ0n) is 16.9. The van der Waals surface area contributed by atoms with Gasteiger partial charge in [-0.1, -0.05) is 25.8 Å². The van der Waals surface area contributed by atoms with E-state index in [0.717, 1.165) is 0 Å². The lowest BCUT2D eigenvalue weighted by Gasteiger charge is -2.34. The van der Waals surface area contributed by atoms with Crippen LogP contribution in [0.15, 0.2) is 24.5 Å². The van der Waals surface area contributed by atoms with Gasteiger partial charge in [0.15, 0.2) is 5.76 Å². The molecule has 5 nitrogen and oxygen atoms in total. The monoisotopic (exact) mass is 412 g/mol. The summed E-state index contributed by atoms with van der Waals surface area (Å²) in [6.07, 6.45) is 0.746. The predicted molar refractivity (Wildman–Crippen MR) is 104 cm³/mol. The van der Waals surface area contributed by atoms with Gasteiger partial charge in [-0.15, -0.1) is 12.5 Å². The molecule has 29 heavy (non-hydrogen) atoms. The number of hydrogen-bond acceptors (Lipinski definition) is 4. The van der Waals surface area contributed by atoms with Gasteiger partial charge in [0, 0.05) is 31.1 Å². The molecule has 1 saturated heterocycles. The molecule has 0 radical (unpaired) electrons. The average Bonchev–Trinajstić information content (AvgIpc) is 3.11. The molecule has 1 aliphatic carbocycles. The summed E-state index contributed by atoms with van der Waals surface area (Å²) in [6, 6.07) is 0. The second-order valence-corrected chi connectivity index (χ2v) is 7.83. The summed E-state index contributed by atoms with van der Waals surface area (Å²) in [5, 5.41) is 29.5. The lowest BCUT2D eigenvalue weighted by atomic mass is 9.72. The van der Waals surface area contributed by atoms with Crippen LogP contribution >= 0.6 is 0 Å². The minimum atomic E-state index is -3.29. The second-order valence-electron chi connectivity index (χ2n) is 7.83. The van der Waals surface area contributed by atoms with E-state index in [1.807, 2.05) is 6.92 Å². The van der Waals surface area contributed by atoms with Crippen LogP contribution in [0.4, 0.5) is 8.78 Å². The first-order valence-corrected chi connectivity index (χ1v) is 10.1. The van der Waals surface area contributed by atoms with Crippen molar-refractivity contribution in [2.75, 3.05) is 0 Å². The topological polar surface area (TPSA) is 87.0 Å². The van der Waals surface area contributed by atoms with Gasteiger partial charge < -0.3 is 20.1 Å². The van der Waals surface area contributed by atoms with Crippen molar-refractivity contribution in [2.24, 2.45) is 23.7 Å². The van der Waals surface area contributed by atoms with Crippen LogP contribution in [-0.4, -0.2) is 45.5 Å². The van der Waals surface area contributed by atoms with Gasteiger partial charge in [0.05, 0.1) is 18.1 Å². The fourth-order valence-electron chi connectivity index (χ4n) is 4.39.